The summed E-state index contributed by atoms with van der Waals surface area (Å²) in [5, 5.41) is 35.4. The van der Waals surface area contributed by atoms with Gasteiger partial charge in [0.15, 0.2) is 6.29 Å². The molecule has 8 atom stereocenters. The lowest BCUT2D eigenvalue weighted by Gasteiger charge is -2.44. The number of hydrogen-bond donors (Lipinski definition) is 7. The van der Waals surface area contributed by atoms with Gasteiger partial charge in [-0.05, 0) is 26.7 Å². The Labute approximate surface area is 336 Å². The molecule has 0 spiro atoms. The number of aliphatic hydroxyl groups excluding tert-OH is 2. The lowest BCUT2D eigenvalue weighted by Crippen LogP contribution is -2.74. The molecule has 0 unspecified atom stereocenters. The average molecular weight is 953 g/mol. The molecule has 0 aromatic carbocycles. The summed E-state index contributed by atoms with van der Waals surface area (Å²) in [4.78, 5) is 59.8. The number of rotatable bonds is 23. The Morgan fingerprint density at radius 3 is 1.68 bits per heavy atom. The topological polar surface area (TPSA) is 236 Å². The number of carbonyl (C=O) groups is 5. The van der Waals surface area contributed by atoms with Crippen LogP contribution >= 0.6 is 0 Å². The van der Waals surface area contributed by atoms with Crippen molar-refractivity contribution in [3.63, 3.8) is 0 Å². The van der Waals surface area contributed by atoms with Crippen LogP contribution < -0.4 is 21.7 Å². The largest absolute Gasteiger partial charge is 0.481 e. The molecule has 0 bridgehead atoms. The maximum atomic E-state index is 14.4. The Morgan fingerprint density at radius 1 is 0.758 bits per heavy atom. The van der Waals surface area contributed by atoms with Crippen molar-refractivity contribution < 1.29 is 128 Å². The molecule has 1 rings (SSSR count). The maximum absolute atomic E-state index is 14.4. The zero-order chi connectivity index (χ0) is 49.0. The highest BCUT2D eigenvalue weighted by atomic mass is 19.4. The minimum atomic E-state index is -8.81. The summed E-state index contributed by atoms with van der Waals surface area (Å²) >= 11 is 0. The number of ether oxygens (including phenoxy) is 3. The SMILES string of the molecule is CC(=O)N[C@H]1[C@@H](OCCCC(F)(F)C(F)(F)C(F)(F)C(F)(F)C(F)(F)C(F)(F)C(F)(F)C(F)(F)F)O[C@H](CO)[C@@H](O)[C@@H]1O[C@H](C)C(=O)N[C@@H](C)C(=O)N[C@H](CCC(=O)O)C(N)=O. The van der Waals surface area contributed by atoms with E-state index in [0.717, 1.165) is 20.8 Å². The maximum Gasteiger partial charge on any atom is 0.460 e. The van der Waals surface area contributed by atoms with Crippen LogP contribution in [0.2, 0.25) is 0 Å². The Hall–Kier alpha value is -4.04. The summed E-state index contributed by atoms with van der Waals surface area (Å²) < 4.78 is 247. The van der Waals surface area contributed by atoms with Crippen molar-refractivity contribution in [1.82, 2.24) is 16.0 Å². The van der Waals surface area contributed by atoms with Gasteiger partial charge < -0.3 is 51.2 Å². The third kappa shape index (κ3) is 11.4. The van der Waals surface area contributed by atoms with Gasteiger partial charge in [0.1, 0.15) is 42.5 Å². The van der Waals surface area contributed by atoms with E-state index in [4.69, 9.17) is 25.1 Å². The number of alkyl halides is 17. The van der Waals surface area contributed by atoms with E-state index >= 15 is 0 Å². The van der Waals surface area contributed by atoms with Gasteiger partial charge in [-0.3, -0.25) is 24.0 Å². The first-order chi connectivity index (χ1) is 27.7. The number of carboxylic acid groups (broad SMARTS) is 1. The molecule has 0 aromatic rings. The van der Waals surface area contributed by atoms with E-state index in [1.165, 1.54) is 0 Å². The minimum Gasteiger partial charge on any atom is -0.481 e. The van der Waals surface area contributed by atoms with E-state index in [0.29, 0.717) is 0 Å². The van der Waals surface area contributed by atoms with Crippen molar-refractivity contribution in [2.75, 3.05) is 13.2 Å². The Balaban J connectivity index is 3.26. The molecule has 0 saturated carbocycles. The number of aliphatic hydroxyl groups is 2. The van der Waals surface area contributed by atoms with Crippen molar-refractivity contribution in [2.24, 2.45) is 5.73 Å². The monoisotopic (exact) mass is 952 g/mol. The number of halogens is 17. The van der Waals surface area contributed by atoms with Crippen LogP contribution in [0.5, 0.6) is 0 Å². The van der Waals surface area contributed by atoms with Crippen molar-refractivity contribution in [2.45, 2.75) is 143 Å². The standard InChI is InChI=1S/C30H37F17N4O11/c1-10(20(58)51-13(19(48)57)5-6-15(54)55)49-21(59)11(2)61-18-16(50-12(3)53)22(62-14(9-52)17(18)56)60-8-4-7-23(31,32)24(33,34)25(35,36)26(37,38)27(39,40)28(41,42)29(43,44)30(45,46)47/h10-11,13-14,16-18,22,52,56H,4-9H2,1-3H3,(H2,48,57)(H,49,59)(H,50,53)(H,51,58)(H,54,55)/t10-,11+,13+,14+,16+,17+,18+,22-/m0/s1. The summed E-state index contributed by atoms with van der Waals surface area (Å²) in [7, 11) is 0. The van der Waals surface area contributed by atoms with Crippen LogP contribution in [0.15, 0.2) is 0 Å². The van der Waals surface area contributed by atoms with Gasteiger partial charge in [0.05, 0.1) is 13.2 Å². The molecule has 1 aliphatic heterocycles. The van der Waals surface area contributed by atoms with E-state index in [-0.39, 0.29) is 0 Å². The molecule has 62 heavy (non-hydrogen) atoms. The summed E-state index contributed by atoms with van der Waals surface area (Å²) in [6, 6.07) is -5.01. The lowest BCUT2D eigenvalue weighted by molar-refractivity contribution is -0.461. The number of hydrogen-bond acceptors (Lipinski definition) is 10. The van der Waals surface area contributed by atoms with Crippen LogP contribution in [0.25, 0.3) is 0 Å². The van der Waals surface area contributed by atoms with Gasteiger partial charge in [0, 0.05) is 19.8 Å². The second-order valence-corrected chi connectivity index (χ2v) is 13.4. The second kappa shape index (κ2) is 19.8. The molecule has 1 saturated heterocycles. The highest BCUT2D eigenvalue weighted by Gasteiger charge is 2.95. The predicted octanol–water partition coefficient (Wildman–Crippen LogP) is 2.49. The fraction of sp³-hybridized carbons (Fsp3) is 0.833. The van der Waals surface area contributed by atoms with E-state index in [1.807, 2.05) is 5.32 Å². The number of amides is 4. The fourth-order valence-corrected chi connectivity index (χ4v) is 5.15. The Morgan fingerprint density at radius 2 is 1.24 bits per heavy atom. The fourth-order valence-electron chi connectivity index (χ4n) is 5.15. The van der Waals surface area contributed by atoms with E-state index in [2.05, 4.69) is 10.6 Å². The smallest absolute Gasteiger partial charge is 0.460 e. The summed E-state index contributed by atoms with van der Waals surface area (Å²) in [5.41, 5.74) is 5.12. The normalized spacial score (nSPS) is 22.6. The number of carboxylic acids is 1. The third-order valence-corrected chi connectivity index (χ3v) is 8.72. The Bertz CT molecular complexity index is 1610. The summed E-state index contributed by atoms with van der Waals surface area (Å²) in [6.45, 7) is 0.0245. The lowest BCUT2D eigenvalue weighted by atomic mass is 9.88. The molecule has 1 aliphatic rings. The number of aliphatic carboxylic acids is 1. The van der Waals surface area contributed by atoms with Gasteiger partial charge in [0.25, 0.3) is 0 Å². The molecule has 4 amide bonds. The van der Waals surface area contributed by atoms with Gasteiger partial charge in [-0.25, -0.2) is 0 Å². The summed E-state index contributed by atoms with van der Waals surface area (Å²) in [5.74, 6) is -63.7. The van der Waals surface area contributed by atoms with Gasteiger partial charge in [0.2, 0.25) is 23.6 Å². The second-order valence-electron chi connectivity index (χ2n) is 13.4. The first-order valence-electron chi connectivity index (χ1n) is 17.0. The number of carbonyl (C=O) groups excluding carboxylic acids is 4. The first kappa shape index (κ1) is 56.0. The van der Waals surface area contributed by atoms with Crippen molar-refractivity contribution in [1.29, 1.82) is 0 Å². The highest BCUT2D eigenvalue weighted by molar-refractivity contribution is 5.92. The van der Waals surface area contributed by atoms with Crippen LogP contribution in [0, 0.1) is 0 Å². The van der Waals surface area contributed by atoms with Crippen molar-refractivity contribution in [3.8, 4) is 0 Å². The molecular weight excluding hydrogens is 915 g/mol. The molecule has 0 radical (unpaired) electrons. The average Bonchev–Trinajstić information content (AvgIpc) is 3.12. The van der Waals surface area contributed by atoms with Crippen LogP contribution in [-0.2, 0) is 38.2 Å². The molecule has 0 aliphatic carbocycles. The van der Waals surface area contributed by atoms with Crippen LogP contribution in [0.4, 0.5) is 74.6 Å². The van der Waals surface area contributed by atoms with Crippen molar-refractivity contribution in [3.05, 3.63) is 0 Å². The van der Waals surface area contributed by atoms with Crippen LogP contribution in [0.3, 0.4) is 0 Å². The zero-order valence-corrected chi connectivity index (χ0v) is 31.5. The van der Waals surface area contributed by atoms with Crippen LogP contribution in [0.1, 0.15) is 46.5 Å². The summed E-state index contributed by atoms with van der Waals surface area (Å²) in [6.07, 6.45) is -23.7. The number of nitrogens with two attached hydrogens (primary N) is 1. The zero-order valence-electron chi connectivity index (χ0n) is 31.5. The van der Waals surface area contributed by atoms with Gasteiger partial charge >= 0.3 is 53.6 Å². The van der Waals surface area contributed by atoms with E-state index in [1.54, 1.807) is 0 Å². The quantitative estimate of drug-likeness (QED) is 0.0581. The molecule has 32 heteroatoms. The molecule has 0 aromatic heterocycles. The molecule has 1 fully saturated rings. The minimum absolute atomic E-state index is 0.463. The van der Waals surface area contributed by atoms with Gasteiger partial charge in [-0.15, -0.1) is 0 Å². The van der Waals surface area contributed by atoms with Gasteiger partial charge in [-0.1, -0.05) is 0 Å². The molecule has 15 nitrogen and oxygen atoms in total. The third-order valence-electron chi connectivity index (χ3n) is 8.72. The Kier molecular flexibility index (Phi) is 17.9. The number of primary amides is 1. The van der Waals surface area contributed by atoms with Crippen LogP contribution in [-0.4, -0.2) is 155 Å². The number of nitrogens with one attached hydrogen (secondary N) is 3. The molecule has 362 valence electrons. The first-order valence-corrected chi connectivity index (χ1v) is 17.0. The highest BCUT2D eigenvalue weighted by Crippen LogP contribution is 2.64. The molecular formula is C30H37F17N4O11. The molecule has 8 N–H and O–H groups in total. The predicted molar refractivity (Wildman–Crippen MR) is 165 cm³/mol. The molecule has 1 heterocycles. The van der Waals surface area contributed by atoms with E-state index in [9.17, 15) is 109 Å². The van der Waals surface area contributed by atoms with Gasteiger partial charge in [-0.2, -0.15) is 74.6 Å². The van der Waals surface area contributed by atoms with E-state index < -0.39 is 165 Å². The van der Waals surface area contributed by atoms with Crippen molar-refractivity contribution >= 4 is 29.6 Å².